The number of halogens is 1. The molecule has 25 heavy (non-hydrogen) atoms. The maximum atomic E-state index is 14.4. The van der Waals surface area contributed by atoms with Crippen molar-refractivity contribution in [1.82, 2.24) is 0 Å². The van der Waals surface area contributed by atoms with E-state index in [0.29, 0.717) is 15.4 Å². The van der Waals surface area contributed by atoms with Crippen molar-refractivity contribution in [1.29, 1.82) is 0 Å². The quantitative estimate of drug-likeness (QED) is 0.548. The summed E-state index contributed by atoms with van der Waals surface area (Å²) in [6.45, 7) is 3.99. The molecule has 0 aliphatic carbocycles. The van der Waals surface area contributed by atoms with Crippen molar-refractivity contribution >= 4 is 21.8 Å². The van der Waals surface area contributed by atoms with Crippen LogP contribution < -0.4 is 0 Å². The molecule has 126 valence electrons. The standard InChI is InChI=1S/C22H19FOS/c1-16-7-11-18(12-8-16)15-22(20-5-3-4-6-21(20)23)25(24)19-13-9-17(2)10-14-19/h3-15H,1-2H3/b22-15+. The minimum atomic E-state index is -1.48. The van der Waals surface area contributed by atoms with Crippen molar-refractivity contribution in [2.24, 2.45) is 0 Å². The third-order valence-electron chi connectivity index (χ3n) is 3.95. The number of benzene rings is 3. The fraction of sp³-hybridized carbons (Fsp3) is 0.0909. The van der Waals surface area contributed by atoms with Gasteiger partial charge in [0.25, 0.3) is 0 Å². The zero-order chi connectivity index (χ0) is 17.8. The van der Waals surface area contributed by atoms with Gasteiger partial charge in [0.2, 0.25) is 0 Å². The topological polar surface area (TPSA) is 17.1 Å². The molecule has 0 N–H and O–H groups in total. The van der Waals surface area contributed by atoms with Gasteiger partial charge in [0.1, 0.15) is 5.82 Å². The molecule has 1 nitrogen and oxygen atoms in total. The van der Waals surface area contributed by atoms with Gasteiger partial charge in [-0.3, -0.25) is 0 Å². The number of aryl methyl sites for hydroxylation is 2. The molecule has 0 bridgehead atoms. The van der Waals surface area contributed by atoms with E-state index in [2.05, 4.69) is 0 Å². The molecule has 3 heteroatoms. The average Bonchev–Trinajstić information content (AvgIpc) is 2.62. The number of hydrogen-bond acceptors (Lipinski definition) is 1. The van der Waals surface area contributed by atoms with Gasteiger partial charge in [0, 0.05) is 10.5 Å². The Morgan fingerprint density at radius 1 is 0.840 bits per heavy atom. The largest absolute Gasteiger partial charge is 0.249 e. The summed E-state index contributed by atoms with van der Waals surface area (Å²) < 4.78 is 27.5. The first-order valence-electron chi connectivity index (χ1n) is 8.06. The van der Waals surface area contributed by atoms with Crippen molar-refractivity contribution in [3.05, 3.63) is 101 Å². The average molecular weight is 350 g/mol. The molecular weight excluding hydrogens is 331 g/mol. The first kappa shape index (κ1) is 17.3. The highest BCUT2D eigenvalue weighted by atomic mass is 32.2. The molecule has 0 spiro atoms. The van der Waals surface area contributed by atoms with E-state index in [-0.39, 0.29) is 5.82 Å². The highest BCUT2D eigenvalue weighted by Crippen LogP contribution is 2.28. The highest BCUT2D eigenvalue weighted by molar-refractivity contribution is 7.94. The van der Waals surface area contributed by atoms with E-state index in [9.17, 15) is 8.60 Å². The van der Waals surface area contributed by atoms with Crippen LogP contribution in [0.3, 0.4) is 0 Å². The highest BCUT2D eigenvalue weighted by Gasteiger charge is 2.16. The van der Waals surface area contributed by atoms with Gasteiger partial charge in [0.05, 0.1) is 15.7 Å². The van der Waals surface area contributed by atoms with Gasteiger partial charge in [0.15, 0.2) is 0 Å². The van der Waals surface area contributed by atoms with Gasteiger partial charge >= 0.3 is 0 Å². The van der Waals surface area contributed by atoms with Crippen LogP contribution in [0.4, 0.5) is 4.39 Å². The maximum Gasteiger partial charge on any atom is 0.131 e. The second kappa shape index (κ2) is 7.58. The van der Waals surface area contributed by atoms with Crippen molar-refractivity contribution < 1.29 is 8.60 Å². The Morgan fingerprint density at radius 2 is 1.40 bits per heavy atom. The molecule has 3 rings (SSSR count). The molecule has 1 atom stereocenters. The van der Waals surface area contributed by atoms with Gasteiger partial charge in [-0.05, 0) is 43.7 Å². The lowest BCUT2D eigenvalue weighted by atomic mass is 10.1. The second-order valence-corrected chi connectivity index (χ2v) is 7.43. The molecule has 0 amide bonds. The molecule has 0 aromatic heterocycles. The minimum Gasteiger partial charge on any atom is -0.249 e. The summed E-state index contributed by atoms with van der Waals surface area (Å²) in [6.07, 6.45) is 1.80. The van der Waals surface area contributed by atoms with Gasteiger partial charge in [-0.1, -0.05) is 65.7 Å². The predicted molar refractivity (Wildman–Crippen MR) is 103 cm³/mol. The molecule has 0 saturated carbocycles. The Bertz CT molecular complexity index is 925. The summed E-state index contributed by atoms with van der Waals surface area (Å²) in [7, 11) is -1.48. The van der Waals surface area contributed by atoms with Gasteiger partial charge in [-0.15, -0.1) is 0 Å². The Morgan fingerprint density at radius 3 is 2.00 bits per heavy atom. The van der Waals surface area contributed by atoms with Crippen molar-refractivity contribution in [2.45, 2.75) is 18.7 Å². The van der Waals surface area contributed by atoms with E-state index in [1.165, 1.54) is 6.07 Å². The van der Waals surface area contributed by atoms with Crippen LogP contribution in [0.1, 0.15) is 22.3 Å². The Hall–Kier alpha value is -2.52. The molecule has 0 aliphatic rings. The van der Waals surface area contributed by atoms with E-state index in [1.807, 2.05) is 62.4 Å². The van der Waals surface area contributed by atoms with Crippen LogP contribution in [0.15, 0.2) is 77.7 Å². The molecule has 0 saturated heterocycles. The Labute approximate surface area is 150 Å². The lowest BCUT2D eigenvalue weighted by Crippen LogP contribution is -1.99. The second-order valence-electron chi connectivity index (χ2n) is 5.98. The lowest BCUT2D eigenvalue weighted by Gasteiger charge is -2.10. The van der Waals surface area contributed by atoms with Crippen molar-refractivity contribution in [2.75, 3.05) is 0 Å². The molecule has 0 aliphatic heterocycles. The summed E-state index contributed by atoms with van der Waals surface area (Å²) in [6, 6.07) is 21.8. The van der Waals surface area contributed by atoms with Gasteiger partial charge in [-0.25, -0.2) is 8.60 Å². The summed E-state index contributed by atoms with van der Waals surface area (Å²) in [4.78, 5) is 1.12. The zero-order valence-corrected chi connectivity index (χ0v) is 15.0. The summed E-state index contributed by atoms with van der Waals surface area (Å²) in [5, 5.41) is 0. The lowest BCUT2D eigenvalue weighted by molar-refractivity contribution is 0.624. The Kier molecular flexibility index (Phi) is 5.25. The molecular formula is C22H19FOS. The summed E-state index contributed by atoms with van der Waals surface area (Å²) in [5.74, 6) is -0.374. The normalized spacial score (nSPS) is 12.8. The van der Waals surface area contributed by atoms with Crippen LogP contribution >= 0.6 is 0 Å². The molecule has 3 aromatic rings. The fourth-order valence-electron chi connectivity index (χ4n) is 2.50. The van der Waals surface area contributed by atoms with Crippen LogP contribution in [0.2, 0.25) is 0 Å². The summed E-state index contributed by atoms with van der Waals surface area (Å²) >= 11 is 0. The summed E-state index contributed by atoms with van der Waals surface area (Å²) in [5.41, 5.74) is 3.49. The first-order valence-corrected chi connectivity index (χ1v) is 9.21. The molecule has 0 radical (unpaired) electrons. The van der Waals surface area contributed by atoms with Crippen LogP contribution in [0.25, 0.3) is 11.0 Å². The Balaban J connectivity index is 2.12. The maximum absolute atomic E-state index is 14.4. The van der Waals surface area contributed by atoms with Crippen LogP contribution in [-0.4, -0.2) is 4.21 Å². The van der Waals surface area contributed by atoms with E-state index < -0.39 is 10.8 Å². The third kappa shape index (κ3) is 4.12. The fourth-order valence-corrected chi connectivity index (χ4v) is 3.74. The SMILES string of the molecule is Cc1ccc(/C=C(\c2ccccc2F)S(=O)c2ccc(C)cc2)cc1. The van der Waals surface area contributed by atoms with Gasteiger partial charge < -0.3 is 0 Å². The van der Waals surface area contributed by atoms with E-state index >= 15 is 0 Å². The smallest absolute Gasteiger partial charge is 0.131 e. The molecule has 1 unspecified atom stereocenters. The van der Waals surface area contributed by atoms with Crippen molar-refractivity contribution in [3.8, 4) is 0 Å². The molecule has 3 aromatic carbocycles. The zero-order valence-electron chi connectivity index (χ0n) is 14.2. The predicted octanol–water partition coefficient (Wildman–Crippen LogP) is 5.75. The van der Waals surface area contributed by atoms with Crippen molar-refractivity contribution in [3.63, 3.8) is 0 Å². The van der Waals surface area contributed by atoms with Crippen LogP contribution in [-0.2, 0) is 10.8 Å². The van der Waals surface area contributed by atoms with E-state index in [1.54, 1.807) is 24.3 Å². The minimum absolute atomic E-state index is 0.363. The number of hydrogen-bond donors (Lipinski definition) is 0. The number of rotatable bonds is 4. The van der Waals surface area contributed by atoms with Crippen LogP contribution in [0, 0.1) is 19.7 Å². The van der Waals surface area contributed by atoms with E-state index in [4.69, 9.17) is 0 Å². The first-order chi connectivity index (χ1) is 12.0. The third-order valence-corrected chi connectivity index (χ3v) is 5.39. The van der Waals surface area contributed by atoms with E-state index in [0.717, 1.165) is 16.7 Å². The van der Waals surface area contributed by atoms with Gasteiger partial charge in [-0.2, -0.15) is 0 Å². The van der Waals surface area contributed by atoms with Crippen LogP contribution in [0.5, 0.6) is 0 Å². The molecule has 0 fully saturated rings. The molecule has 0 heterocycles. The monoisotopic (exact) mass is 350 g/mol.